The molecule has 0 spiro atoms. The number of anilines is 1. The number of rotatable bonds is 4. The molecular weight excluding hydrogens is 270 g/mol. The van der Waals surface area contributed by atoms with Crippen LogP contribution in [0.2, 0.25) is 0 Å². The lowest BCUT2D eigenvalue weighted by Crippen LogP contribution is -2.09. The Morgan fingerprint density at radius 3 is 1.94 bits per heavy atom. The Morgan fingerprint density at radius 2 is 1.53 bits per heavy atom. The standard InChI is InChI=1S/C8H11NO6S2/c1-14-16(10,11)6-3-4-8(7(9)5-6)17(12,13)15-2/h3-5H,9H2,1-2H3. The van der Waals surface area contributed by atoms with Crippen LogP contribution in [0.3, 0.4) is 0 Å². The summed E-state index contributed by atoms with van der Waals surface area (Å²) < 4.78 is 53.9. The Bertz CT molecular complexity index is 619. The third-order valence-corrected chi connectivity index (χ3v) is 4.60. The minimum atomic E-state index is -3.96. The fourth-order valence-electron chi connectivity index (χ4n) is 1.10. The first kappa shape index (κ1) is 13.9. The molecule has 1 aromatic carbocycles. The molecule has 0 bridgehead atoms. The maximum atomic E-state index is 11.4. The van der Waals surface area contributed by atoms with Gasteiger partial charge in [0.15, 0.2) is 0 Å². The van der Waals surface area contributed by atoms with Crippen molar-refractivity contribution in [3.05, 3.63) is 18.2 Å². The van der Waals surface area contributed by atoms with Crippen LogP contribution >= 0.6 is 0 Å². The molecule has 7 nitrogen and oxygen atoms in total. The summed E-state index contributed by atoms with van der Waals surface area (Å²) in [6.07, 6.45) is 0. The summed E-state index contributed by atoms with van der Waals surface area (Å²) in [6, 6.07) is 3.10. The van der Waals surface area contributed by atoms with E-state index in [9.17, 15) is 16.8 Å². The molecular formula is C8H11NO6S2. The summed E-state index contributed by atoms with van der Waals surface area (Å²) >= 11 is 0. The van der Waals surface area contributed by atoms with Gasteiger partial charge in [0.05, 0.1) is 24.8 Å². The molecule has 0 saturated carbocycles. The van der Waals surface area contributed by atoms with E-state index in [4.69, 9.17) is 5.73 Å². The second kappa shape index (κ2) is 4.61. The number of nitrogen functional groups attached to an aromatic ring is 1. The molecule has 96 valence electrons. The summed E-state index contributed by atoms with van der Waals surface area (Å²) in [5.74, 6) is 0. The topological polar surface area (TPSA) is 113 Å². The van der Waals surface area contributed by atoms with Gasteiger partial charge in [0.2, 0.25) is 0 Å². The summed E-state index contributed by atoms with van der Waals surface area (Å²) in [7, 11) is -5.89. The zero-order valence-corrected chi connectivity index (χ0v) is 10.7. The lowest BCUT2D eigenvalue weighted by atomic mass is 10.3. The van der Waals surface area contributed by atoms with Crippen LogP contribution in [0.25, 0.3) is 0 Å². The fraction of sp³-hybridized carbons (Fsp3) is 0.250. The third kappa shape index (κ3) is 2.75. The van der Waals surface area contributed by atoms with Crippen molar-refractivity contribution in [2.24, 2.45) is 0 Å². The quantitative estimate of drug-likeness (QED) is 0.607. The van der Waals surface area contributed by atoms with E-state index in [1.54, 1.807) is 0 Å². The minimum absolute atomic E-state index is 0.229. The van der Waals surface area contributed by atoms with Gasteiger partial charge in [-0.3, -0.25) is 8.37 Å². The smallest absolute Gasteiger partial charge is 0.298 e. The van der Waals surface area contributed by atoms with Crippen molar-refractivity contribution < 1.29 is 25.2 Å². The predicted octanol–water partition coefficient (Wildman–Crippen LogP) is -0.0610. The molecule has 0 amide bonds. The first-order valence-corrected chi connectivity index (χ1v) is 7.07. The Balaban J connectivity index is 3.40. The van der Waals surface area contributed by atoms with E-state index in [2.05, 4.69) is 8.37 Å². The van der Waals surface area contributed by atoms with Gasteiger partial charge >= 0.3 is 0 Å². The molecule has 0 radical (unpaired) electrons. The van der Waals surface area contributed by atoms with Crippen LogP contribution in [0.15, 0.2) is 28.0 Å². The SMILES string of the molecule is COS(=O)(=O)c1ccc(S(=O)(=O)OC)c(N)c1. The molecule has 2 N–H and O–H groups in total. The second-order valence-electron chi connectivity index (χ2n) is 2.94. The molecule has 1 rings (SSSR count). The van der Waals surface area contributed by atoms with Crippen LogP contribution in [0, 0.1) is 0 Å². The van der Waals surface area contributed by atoms with Gasteiger partial charge in [-0.15, -0.1) is 0 Å². The number of benzene rings is 1. The third-order valence-electron chi connectivity index (χ3n) is 1.98. The van der Waals surface area contributed by atoms with E-state index in [-0.39, 0.29) is 15.5 Å². The number of nitrogens with two attached hydrogens (primary N) is 1. The predicted molar refractivity (Wildman–Crippen MR) is 59.2 cm³/mol. The van der Waals surface area contributed by atoms with Crippen molar-refractivity contribution in [2.45, 2.75) is 9.79 Å². The van der Waals surface area contributed by atoms with E-state index in [1.807, 2.05) is 0 Å². The van der Waals surface area contributed by atoms with Gasteiger partial charge in [-0.05, 0) is 18.2 Å². The van der Waals surface area contributed by atoms with Crippen molar-refractivity contribution in [1.82, 2.24) is 0 Å². The van der Waals surface area contributed by atoms with E-state index < -0.39 is 20.2 Å². The van der Waals surface area contributed by atoms with Gasteiger partial charge in [-0.25, -0.2) is 0 Å². The Morgan fingerprint density at radius 1 is 1.00 bits per heavy atom. The highest BCUT2D eigenvalue weighted by Gasteiger charge is 2.20. The Kier molecular flexibility index (Phi) is 3.77. The molecule has 17 heavy (non-hydrogen) atoms. The monoisotopic (exact) mass is 281 g/mol. The van der Waals surface area contributed by atoms with E-state index in [1.165, 1.54) is 0 Å². The lowest BCUT2D eigenvalue weighted by Gasteiger charge is -2.07. The fourth-order valence-corrected chi connectivity index (χ4v) is 2.56. The molecule has 0 saturated heterocycles. The van der Waals surface area contributed by atoms with E-state index >= 15 is 0 Å². The summed E-state index contributed by atoms with van der Waals surface area (Å²) in [4.78, 5) is -0.525. The normalized spacial score (nSPS) is 12.6. The highest BCUT2D eigenvalue weighted by molar-refractivity contribution is 7.87. The van der Waals surface area contributed by atoms with Crippen molar-refractivity contribution >= 4 is 25.9 Å². The Hall–Kier alpha value is -1.16. The van der Waals surface area contributed by atoms with Crippen LogP contribution in [0.4, 0.5) is 5.69 Å². The first-order chi connectivity index (χ1) is 7.74. The van der Waals surface area contributed by atoms with Crippen LogP contribution in [-0.2, 0) is 28.6 Å². The molecule has 0 unspecified atom stereocenters. The Labute approximate surface area is 99.4 Å². The molecule has 0 aromatic heterocycles. The molecule has 0 aliphatic heterocycles. The van der Waals surface area contributed by atoms with Crippen LogP contribution in [0.1, 0.15) is 0 Å². The van der Waals surface area contributed by atoms with E-state index in [0.717, 1.165) is 32.4 Å². The maximum Gasteiger partial charge on any atom is 0.298 e. The number of hydrogen-bond donors (Lipinski definition) is 1. The highest BCUT2D eigenvalue weighted by Crippen LogP contribution is 2.24. The van der Waals surface area contributed by atoms with Crippen molar-refractivity contribution in [3.63, 3.8) is 0 Å². The molecule has 0 aliphatic rings. The van der Waals surface area contributed by atoms with Gasteiger partial charge in [0.1, 0.15) is 4.90 Å². The van der Waals surface area contributed by atoms with Crippen LogP contribution in [-0.4, -0.2) is 31.1 Å². The van der Waals surface area contributed by atoms with Gasteiger partial charge in [0, 0.05) is 0 Å². The van der Waals surface area contributed by atoms with Crippen molar-refractivity contribution in [1.29, 1.82) is 0 Å². The molecule has 0 fully saturated rings. The molecule has 9 heteroatoms. The summed E-state index contributed by atoms with van der Waals surface area (Å²) in [6.45, 7) is 0. The lowest BCUT2D eigenvalue weighted by molar-refractivity contribution is 0.395. The largest absolute Gasteiger partial charge is 0.398 e. The maximum absolute atomic E-state index is 11.4. The van der Waals surface area contributed by atoms with Gasteiger partial charge in [0.25, 0.3) is 20.2 Å². The highest BCUT2D eigenvalue weighted by atomic mass is 32.2. The zero-order chi connectivity index (χ0) is 13.3. The van der Waals surface area contributed by atoms with Crippen LogP contribution < -0.4 is 5.73 Å². The van der Waals surface area contributed by atoms with Gasteiger partial charge < -0.3 is 5.73 Å². The average Bonchev–Trinajstić information content (AvgIpc) is 2.28. The molecule has 1 aromatic rings. The van der Waals surface area contributed by atoms with E-state index in [0.29, 0.717) is 0 Å². The molecule has 0 aliphatic carbocycles. The van der Waals surface area contributed by atoms with Crippen molar-refractivity contribution in [2.75, 3.05) is 20.0 Å². The number of hydrogen-bond acceptors (Lipinski definition) is 7. The summed E-state index contributed by atoms with van der Waals surface area (Å²) in [5, 5.41) is 0. The molecule has 0 atom stereocenters. The summed E-state index contributed by atoms with van der Waals surface area (Å²) in [5.41, 5.74) is 5.22. The molecule has 0 heterocycles. The minimum Gasteiger partial charge on any atom is -0.398 e. The van der Waals surface area contributed by atoms with Gasteiger partial charge in [-0.2, -0.15) is 16.8 Å². The first-order valence-electron chi connectivity index (χ1n) is 4.25. The van der Waals surface area contributed by atoms with Crippen molar-refractivity contribution in [3.8, 4) is 0 Å². The zero-order valence-electron chi connectivity index (χ0n) is 9.08. The van der Waals surface area contributed by atoms with Crippen LogP contribution in [0.5, 0.6) is 0 Å². The second-order valence-corrected chi connectivity index (χ2v) is 6.34. The average molecular weight is 281 g/mol. The van der Waals surface area contributed by atoms with Gasteiger partial charge in [-0.1, -0.05) is 0 Å².